The van der Waals surface area contributed by atoms with Crippen molar-refractivity contribution in [2.24, 2.45) is 5.92 Å². The Morgan fingerprint density at radius 3 is 2.24 bits per heavy atom. The quantitative estimate of drug-likeness (QED) is 0.469. The van der Waals surface area contributed by atoms with Crippen molar-refractivity contribution in [2.75, 3.05) is 19.8 Å². The van der Waals surface area contributed by atoms with Crippen molar-refractivity contribution in [3.63, 3.8) is 0 Å². The minimum absolute atomic E-state index is 0.0442. The third-order valence-corrected chi connectivity index (χ3v) is 4.61. The fourth-order valence-electron chi connectivity index (χ4n) is 2.75. The number of alkyl halides is 3. The number of hydrogen-bond acceptors (Lipinski definition) is 5. The maximum absolute atomic E-state index is 12.7. The van der Waals surface area contributed by atoms with Gasteiger partial charge in [-0.25, -0.2) is 0 Å². The van der Waals surface area contributed by atoms with Crippen molar-refractivity contribution in [3.05, 3.63) is 65.4 Å². The highest BCUT2D eigenvalue weighted by Crippen LogP contribution is 2.29. The maximum atomic E-state index is 12.7. The molecule has 3 N–H and O–H groups in total. The van der Waals surface area contributed by atoms with E-state index < -0.39 is 23.9 Å². The van der Waals surface area contributed by atoms with Gasteiger partial charge in [-0.1, -0.05) is 12.1 Å². The molecule has 0 aromatic heterocycles. The Kier molecular flexibility index (Phi) is 7.94. The molecule has 2 amide bonds. The summed E-state index contributed by atoms with van der Waals surface area (Å²) in [4.78, 5) is 25.1. The third kappa shape index (κ3) is 8.15. The van der Waals surface area contributed by atoms with E-state index in [1.807, 2.05) is 0 Å². The van der Waals surface area contributed by atoms with Crippen LogP contribution in [-0.2, 0) is 4.79 Å². The first-order valence-corrected chi connectivity index (χ1v) is 10.2. The number of halogens is 3. The Labute approximate surface area is 188 Å². The van der Waals surface area contributed by atoms with E-state index in [2.05, 4.69) is 15.4 Å². The van der Waals surface area contributed by atoms with Gasteiger partial charge in [0, 0.05) is 12.1 Å². The number of ether oxygens (including phenoxy) is 2. The average Bonchev–Trinajstić information content (AvgIpc) is 3.60. The number of aliphatic hydroxyl groups is 1. The lowest BCUT2D eigenvalue weighted by atomic mass is 10.1. The second-order valence-corrected chi connectivity index (χ2v) is 7.39. The van der Waals surface area contributed by atoms with Gasteiger partial charge in [-0.05, 0) is 66.8 Å². The van der Waals surface area contributed by atoms with E-state index in [9.17, 15) is 22.8 Å². The molecule has 0 heterocycles. The summed E-state index contributed by atoms with van der Waals surface area (Å²) in [7, 11) is 0. The fraction of sp³-hybridized carbons (Fsp3) is 0.304. The fourth-order valence-corrected chi connectivity index (χ4v) is 2.75. The molecule has 1 aliphatic rings. The SMILES string of the molecule is O=C(NCCO)/C(=C/c1ccc(OC(F)(F)F)cc1)NC(=O)c1ccc(OCC2CC2)cc1. The van der Waals surface area contributed by atoms with Crippen molar-refractivity contribution < 1.29 is 37.3 Å². The molecule has 176 valence electrons. The first-order chi connectivity index (χ1) is 15.7. The van der Waals surface area contributed by atoms with Crippen molar-refractivity contribution in [1.82, 2.24) is 10.6 Å². The summed E-state index contributed by atoms with van der Waals surface area (Å²) in [6.45, 7) is 0.284. The Bertz CT molecular complexity index is 985. The zero-order chi connectivity index (χ0) is 23.8. The van der Waals surface area contributed by atoms with Gasteiger partial charge < -0.3 is 25.2 Å². The van der Waals surface area contributed by atoms with Gasteiger partial charge in [0.05, 0.1) is 13.2 Å². The topological polar surface area (TPSA) is 96.9 Å². The summed E-state index contributed by atoms with van der Waals surface area (Å²) < 4.78 is 46.4. The second-order valence-electron chi connectivity index (χ2n) is 7.39. The predicted octanol–water partition coefficient (Wildman–Crippen LogP) is 3.25. The number of carbonyl (C=O) groups excluding carboxylic acids is 2. The molecule has 0 saturated heterocycles. The summed E-state index contributed by atoms with van der Waals surface area (Å²) >= 11 is 0. The van der Waals surface area contributed by atoms with Crippen LogP contribution in [0.3, 0.4) is 0 Å². The summed E-state index contributed by atoms with van der Waals surface area (Å²) in [6, 6.07) is 11.2. The predicted molar refractivity (Wildman–Crippen MR) is 113 cm³/mol. The van der Waals surface area contributed by atoms with Crippen molar-refractivity contribution in [2.45, 2.75) is 19.2 Å². The molecule has 0 spiro atoms. The van der Waals surface area contributed by atoms with E-state index in [0.717, 1.165) is 25.0 Å². The van der Waals surface area contributed by atoms with Gasteiger partial charge in [0.2, 0.25) is 0 Å². The van der Waals surface area contributed by atoms with Crippen LogP contribution in [0.1, 0.15) is 28.8 Å². The number of carbonyl (C=O) groups is 2. The highest BCUT2D eigenvalue weighted by atomic mass is 19.4. The molecular weight excluding hydrogens is 441 g/mol. The molecule has 1 saturated carbocycles. The Morgan fingerprint density at radius 2 is 1.67 bits per heavy atom. The highest BCUT2D eigenvalue weighted by Gasteiger charge is 2.31. The van der Waals surface area contributed by atoms with Crippen LogP contribution in [0.2, 0.25) is 0 Å². The van der Waals surface area contributed by atoms with Crippen LogP contribution in [0.15, 0.2) is 54.2 Å². The van der Waals surface area contributed by atoms with Crippen LogP contribution in [-0.4, -0.2) is 43.0 Å². The Morgan fingerprint density at radius 1 is 1.03 bits per heavy atom. The summed E-state index contributed by atoms with van der Waals surface area (Å²) in [6.07, 6.45) is -1.20. The molecule has 33 heavy (non-hydrogen) atoms. The van der Waals surface area contributed by atoms with Gasteiger partial charge in [0.25, 0.3) is 11.8 Å². The van der Waals surface area contributed by atoms with Crippen molar-refractivity contribution >= 4 is 17.9 Å². The lowest BCUT2D eigenvalue weighted by Gasteiger charge is -2.12. The number of aliphatic hydroxyl groups excluding tert-OH is 1. The number of rotatable bonds is 10. The molecule has 1 aliphatic carbocycles. The van der Waals surface area contributed by atoms with E-state index in [4.69, 9.17) is 9.84 Å². The lowest BCUT2D eigenvalue weighted by molar-refractivity contribution is -0.274. The van der Waals surface area contributed by atoms with Gasteiger partial charge in [0.1, 0.15) is 17.2 Å². The molecule has 0 bridgehead atoms. The highest BCUT2D eigenvalue weighted by molar-refractivity contribution is 6.05. The largest absolute Gasteiger partial charge is 0.573 e. The van der Waals surface area contributed by atoms with Crippen LogP contribution < -0.4 is 20.1 Å². The number of nitrogens with one attached hydrogen (secondary N) is 2. The monoisotopic (exact) mass is 464 g/mol. The number of benzene rings is 2. The van der Waals surface area contributed by atoms with Gasteiger partial charge in [-0.15, -0.1) is 13.2 Å². The summed E-state index contributed by atoms with van der Waals surface area (Å²) in [5.74, 6) is -0.425. The van der Waals surface area contributed by atoms with Gasteiger partial charge in [-0.3, -0.25) is 9.59 Å². The van der Waals surface area contributed by atoms with E-state index in [1.54, 1.807) is 24.3 Å². The Balaban J connectivity index is 1.71. The molecule has 1 fully saturated rings. The van der Waals surface area contributed by atoms with Crippen molar-refractivity contribution in [1.29, 1.82) is 0 Å². The zero-order valence-electron chi connectivity index (χ0n) is 17.5. The summed E-state index contributed by atoms with van der Waals surface area (Å²) in [5, 5.41) is 13.9. The molecule has 0 radical (unpaired) electrons. The smallest absolute Gasteiger partial charge is 0.493 e. The minimum Gasteiger partial charge on any atom is -0.493 e. The van der Waals surface area contributed by atoms with Crippen LogP contribution in [0.5, 0.6) is 11.5 Å². The molecule has 10 heteroatoms. The molecule has 0 aliphatic heterocycles. The molecular formula is C23H23F3N2O5. The standard InChI is InChI=1S/C23H23F3N2O5/c24-23(25,26)33-19-7-3-15(4-8-19)13-20(22(31)27-11-12-29)28-21(30)17-5-9-18(10-6-17)32-14-16-1-2-16/h3-10,13,16,29H,1-2,11-12,14H2,(H,27,31)(H,28,30)/b20-13-. The number of hydrogen-bond donors (Lipinski definition) is 3. The van der Waals surface area contributed by atoms with Crippen LogP contribution in [0.4, 0.5) is 13.2 Å². The first-order valence-electron chi connectivity index (χ1n) is 10.2. The first kappa shape index (κ1) is 24.1. The Hall–Kier alpha value is -3.53. The molecule has 7 nitrogen and oxygen atoms in total. The van der Waals surface area contributed by atoms with E-state index >= 15 is 0 Å². The molecule has 3 rings (SSSR count). The lowest BCUT2D eigenvalue weighted by Crippen LogP contribution is -2.36. The second kappa shape index (κ2) is 10.9. The summed E-state index contributed by atoms with van der Waals surface area (Å²) in [5.41, 5.74) is 0.485. The zero-order valence-corrected chi connectivity index (χ0v) is 17.5. The third-order valence-electron chi connectivity index (χ3n) is 4.61. The van der Waals surface area contributed by atoms with E-state index in [-0.39, 0.29) is 24.4 Å². The molecule has 0 atom stereocenters. The van der Waals surface area contributed by atoms with Gasteiger partial charge >= 0.3 is 6.36 Å². The van der Waals surface area contributed by atoms with Crippen molar-refractivity contribution in [3.8, 4) is 11.5 Å². The number of amides is 2. The van der Waals surface area contributed by atoms with Crippen LogP contribution >= 0.6 is 0 Å². The average molecular weight is 464 g/mol. The van der Waals surface area contributed by atoms with Gasteiger partial charge in [0.15, 0.2) is 0 Å². The molecule has 2 aromatic carbocycles. The molecule has 2 aromatic rings. The minimum atomic E-state index is -4.82. The van der Waals surface area contributed by atoms with Crippen LogP contribution in [0, 0.1) is 5.92 Å². The van der Waals surface area contributed by atoms with E-state index in [0.29, 0.717) is 23.8 Å². The molecule has 0 unspecified atom stereocenters. The van der Waals surface area contributed by atoms with Gasteiger partial charge in [-0.2, -0.15) is 0 Å². The normalized spacial score (nSPS) is 13.9. The van der Waals surface area contributed by atoms with Crippen LogP contribution in [0.25, 0.3) is 6.08 Å². The maximum Gasteiger partial charge on any atom is 0.573 e. The van der Waals surface area contributed by atoms with E-state index in [1.165, 1.54) is 18.2 Å².